The van der Waals surface area contributed by atoms with Crippen molar-refractivity contribution < 1.29 is 31.2 Å². The number of amides is 3. The minimum Gasteiger partial charge on any atom is -0.351 e. The third-order valence-corrected chi connectivity index (χ3v) is 7.40. The number of rotatable bonds is 3. The van der Waals surface area contributed by atoms with Gasteiger partial charge in [0.2, 0.25) is 15.9 Å². The first-order chi connectivity index (χ1) is 14.0. The van der Waals surface area contributed by atoms with E-state index in [4.69, 9.17) is 5.73 Å². The Hall–Kier alpha value is -2.34. The molecular formula is C18H23F3N4O4S. The molecule has 2 fully saturated rings. The van der Waals surface area contributed by atoms with E-state index in [2.05, 4.69) is 0 Å². The summed E-state index contributed by atoms with van der Waals surface area (Å²) in [5, 5.41) is 0. The molecular weight excluding hydrogens is 425 g/mol. The zero-order valence-electron chi connectivity index (χ0n) is 16.1. The van der Waals surface area contributed by atoms with E-state index in [1.807, 2.05) is 0 Å². The Morgan fingerprint density at radius 1 is 0.967 bits per heavy atom. The Balaban J connectivity index is 1.61. The average Bonchev–Trinajstić information content (AvgIpc) is 2.73. The Morgan fingerprint density at radius 3 is 2.10 bits per heavy atom. The number of piperazine rings is 1. The van der Waals surface area contributed by atoms with E-state index in [1.165, 1.54) is 4.90 Å². The molecule has 0 unspecified atom stereocenters. The molecule has 8 nitrogen and oxygen atoms in total. The number of nitrogens with two attached hydrogens (primary N) is 1. The molecule has 12 heteroatoms. The normalized spacial score (nSPS) is 19.7. The van der Waals surface area contributed by atoms with Gasteiger partial charge in [-0.25, -0.2) is 13.2 Å². The number of carbonyl (C=O) groups excluding carboxylic acids is 2. The van der Waals surface area contributed by atoms with Gasteiger partial charge in [-0.1, -0.05) is 6.07 Å². The van der Waals surface area contributed by atoms with Crippen molar-refractivity contribution in [3.8, 4) is 0 Å². The third kappa shape index (κ3) is 4.69. The van der Waals surface area contributed by atoms with Crippen LogP contribution in [-0.2, 0) is 21.0 Å². The summed E-state index contributed by atoms with van der Waals surface area (Å²) in [6.45, 7) is 1.13. The largest absolute Gasteiger partial charge is 0.416 e. The quantitative estimate of drug-likeness (QED) is 0.753. The molecule has 0 atom stereocenters. The van der Waals surface area contributed by atoms with Gasteiger partial charge < -0.3 is 15.5 Å². The summed E-state index contributed by atoms with van der Waals surface area (Å²) >= 11 is 0. The molecule has 0 spiro atoms. The molecule has 2 aliphatic heterocycles. The van der Waals surface area contributed by atoms with Crippen molar-refractivity contribution in [1.82, 2.24) is 14.1 Å². The topological polar surface area (TPSA) is 104 Å². The van der Waals surface area contributed by atoms with Gasteiger partial charge in [-0.3, -0.25) is 4.79 Å². The van der Waals surface area contributed by atoms with Crippen LogP contribution in [0.3, 0.4) is 0 Å². The van der Waals surface area contributed by atoms with Crippen LogP contribution in [0.1, 0.15) is 18.4 Å². The van der Waals surface area contributed by atoms with E-state index >= 15 is 0 Å². The van der Waals surface area contributed by atoms with Crippen LogP contribution in [0.2, 0.25) is 0 Å². The van der Waals surface area contributed by atoms with Gasteiger partial charge in [0.25, 0.3) is 0 Å². The maximum Gasteiger partial charge on any atom is 0.416 e. The number of piperidine rings is 1. The maximum absolute atomic E-state index is 12.9. The zero-order chi connectivity index (χ0) is 22.1. The number of primary amides is 1. The lowest BCUT2D eigenvalue weighted by Crippen LogP contribution is -2.53. The number of hydrogen-bond acceptors (Lipinski definition) is 4. The van der Waals surface area contributed by atoms with E-state index in [9.17, 15) is 31.2 Å². The van der Waals surface area contributed by atoms with Crippen molar-refractivity contribution in [2.24, 2.45) is 11.7 Å². The standard InChI is InChI=1S/C18H23F3N4O4S/c19-18(20,21)14-2-1-3-15(12-14)30(28,29)25-10-8-23(9-11-25)16(26)13-4-6-24(7-5-13)17(22)27/h1-3,12-13H,4-11H2,(H2,22,27). The lowest BCUT2D eigenvalue weighted by Gasteiger charge is -2.37. The monoisotopic (exact) mass is 448 g/mol. The number of urea groups is 1. The molecule has 166 valence electrons. The Bertz CT molecular complexity index is 906. The summed E-state index contributed by atoms with van der Waals surface area (Å²) in [5.74, 6) is -0.359. The zero-order valence-corrected chi connectivity index (χ0v) is 17.0. The molecule has 0 bridgehead atoms. The molecule has 2 N–H and O–H groups in total. The summed E-state index contributed by atoms with van der Waals surface area (Å²) in [6.07, 6.45) is -3.66. The highest BCUT2D eigenvalue weighted by atomic mass is 32.2. The summed E-state index contributed by atoms with van der Waals surface area (Å²) in [4.78, 5) is 26.5. The van der Waals surface area contributed by atoms with Crippen molar-refractivity contribution >= 4 is 22.0 Å². The molecule has 3 amide bonds. The average molecular weight is 448 g/mol. The molecule has 2 aliphatic rings. The van der Waals surface area contributed by atoms with Crippen LogP contribution in [0.4, 0.5) is 18.0 Å². The van der Waals surface area contributed by atoms with Gasteiger partial charge in [0.15, 0.2) is 0 Å². The summed E-state index contributed by atoms with van der Waals surface area (Å²) < 4.78 is 65.3. The maximum atomic E-state index is 12.9. The van der Waals surface area contributed by atoms with Gasteiger partial charge in [-0.2, -0.15) is 17.5 Å². The number of benzene rings is 1. The van der Waals surface area contributed by atoms with E-state index in [1.54, 1.807) is 4.90 Å². The SMILES string of the molecule is NC(=O)N1CCC(C(=O)N2CCN(S(=O)(=O)c3cccc(C(F)(F)F)c3)CC2)CC1. The predicted molar refractivity (Wildman–Crippen MR) is 101 cm³/mol. The number of likely N-dealkylation sites (tertiary alicyclic amines) is 1. The molecule has 0 saturated carbocycles. The highest BCUT2D eigenvalue weighted by Crippen LogP contribution is 2.31. The molecule has 2 saturated heterocycles. The number of alkyl halides is 3. The number of hydrogen-bond donors (Lipinski definition) is 1. The Kier molecular flexibility index (Phi) is 6.27. The number of nitrogens with zero attached hydrogens (tertiary/aromatic N) is 3. The van der Waals surface area contributed by atoms with Gasteiger partial charge in [0.1, 0.15) is 0 Å². The molecule has 1 aromatic rings. The smallest absolute Gasteiger partial charge is 0.351 e. The number of halogens is 3. The minimum atomic E-state index is -4.64. The minimum absolute atomic E-state index is 0.00441. The first-order valence-electron chi connectivity index (χ1n) is 9.51. The van der Waals surface area contributed by atoms with Crippen LogP contribution in [0.5, 0.6) is 0 Å². The third-order valence-electron chi connectivity index (χ3n) is 5.51. The number of sulfonamides is 1. The van der Waals surface area contributed by atoms with E-state index in [0.29, 0.717) is 32.0 Å². The predicted octanol–water partition coefficient (Wildman–Crippen LogP) is 1.33. The van der Waals surface area contributed by atoms with Crippen molar-refractivity contribution in [2.75, 3.05) is 39.3 Å². The first-order valence-corrected chi connectivity index (χ1v) is 10.9. The summed E-state index contributed by atoms with van der Waals surface area (Å²) in [5.41, 5.74) is 4.21. The van der Waals surface area contributed by atoms with Crippen LogP contribution < -0.4 is 5.73 Å². The second kappa shape index (κ2) is 8.42. The lowest BCUT2D eigenvalue weighted by atomic mass is 9.95. The van der Waals surface area contributed by atoms with Crippen molar-refractivity contribution in [3.05, 3.63) is 29.8 Å². The molecule has 3 rings (SSSR count). The van der Waals surface area contributed by atoms with Gasteiger partial charge in [0.05, 0.1) is 10.5 Å². The fourth-order valence-corrected chi connectivity index (χ4v) is 5.20. The van der Waals surface area contributed by atoms with E-state index < -0.39 is 32.7 Å². The van der Waals surface area contributed by atoms with Crippen molar-refractivity contribution in [3.63, 3.8) is 0 Å². The van der Waals surface area contributed by atoms with Crippen LogP contribution in [0, 0.1) is 5.92 Å². The summed E-state index contributed by atoms with van der Waals surface area (Å²) in [6, 6.07) is 3.12. The molecule has 0 radical (unpaired) electrons. The van der Waals surface area contributed by atoms with Crippen molar-refractivity contribution in [2.45, 2.75) is 23.9 Å². The van der Waals surface area contributed by atoms with Crippen molar-refractivity contribution in [1.29, 1.82) is 0 Å². The molecule has 1 aromatic carbocycles. The number of carbonyl (C=O) groups is 2. The van der Waals surface area contributed by atoms with E-state index in [-0.39, 0.29) is 38.0 Å². The van der Waals surface area contributed by atoms with Crippen LogP contribution >= 0.6 is 0 Å². The molecule has 30 heavy (non-hydrogen) atoms. The van der Waals surface area contributed by atoms with Gasteiger partial charge in [-0.15, -0.1) is 0 Å². The fourth-order valence-electron chi connectivity index (χ4n) is 3.74. The molecule has 0 aromatic heterocycles. The van der Waals surface area contributed by atoms with Crippen LogP contribution in [-0.4, -0.2) is 73.7 Å². The molecule has 2 heterocycles. The second-order valence-electron chi connectivity index (χ2n) is 7.35. The Labute approximate surface area is 172 Å². The van der Waals surface area contributed by atoms with Gasteiger partial charge in [0, 0.05) is 45.2 Å². The summed E-state index contributed by atoms with van der Waals surface area (Å²) in [7, 11) is -4.10. The fraction of sp³-hybridized carbons (Fsp3) is 0.556. The van der Waals surface area contributed by atoms with E-state index in [0.717, 1.165) is 22.5 Å². The lowest BCUT2D eigenvalue weighted by molar-refractivity contribution is -0.138. The first kappa shape index (κ1) is 22.3. The van der Waals surface area contributed by atoms with Crippen LogP contribution in [0.25, 0.3) is 0 Å². The van der Waals surface area contributed by atoms with Crippen LogP contribution in [0.15, 0.2) is 29.2 Å². The second-order valence-corrected chi connectivity index (χ2v) is 9.29. The molecule has 0 aliphatic carbocycles. The van der Waals surface area contributed by atoms with Gasteiger partial charge >= 0.3 is 12.2 Å². The van der Waals surface area contributed by atoms with Gasteiger partial charge in [-0.05, 0) is 31.0 Å². The Morgan fingerprint density at radius 2 is 1.57 bits per heavy atom. The highest BCUT2D eigenvalue weighted by molar-refractivity contribution is 7.89. The highest BCUT2D eigenvalue weighted by Gasteiger charge is 2.36.